The number of fused-ring (bicyclic) bond motifs is 1. The van der Waals surface area contributed by atoms with E-state index in [1.165, 1.54) is 30.4 Å². The predicted molar refractivity (Wildman–Crippen MR) is 69.5 cm³/mol. The second kappa shape index (κ2) is 3.89. The molecule has 1 aromatic rings. The molecular formula is C14H18ClNO. The average Bonchev–Trinajstić information content (AvgIpc) is 3.05. The molecule has 0 aliphatic heterocycles. The highest BCUT2D eigenvalue weighted by Crippen LogP contribution is 2.51. The lowest BCUT2D eigenvalue weighted by Gasteiger charge is -2.20. The van der Waals surface area contributed by atoms with Crippen molar-refractivity contribution in [2.75, 3.05) is 0 Å². The quantitative estimate of drug-likeness (QED) is 0.753. The van der Waals surface area contributed by atoms with Crippen LogP contribution in [-0.4, -0.2) is 5.11 Å². The minimum absolute atomic E-state index is 0.229. The van der Waals surface area contributed by atoms with E-state index in [4.69, 9.17) is 17.3 Å². The monoisotopic (exact) mass is 251 g/mol. The van der Waals surface area contributed by atoms with Gasteiger partial charge < -0.3 is 10.8 Å². The molecule has 1 saturated carbocycles. The maximum absolute atomic E-state index is 10.2. The van der Waals surface area contributed by atoms with Crippen LogP contribution < -0.4 is 5.73 Å². The van der Waals surface area contributed by atoms with E-state index >= 15 is 0 Å². The molecule has 0 spiro atoms. The first-order chi connectivity index (χ1) is 8.12. The molecule has 0 bridgehead atoms. The van der Waals surface area contributed by atoms with Crippen LogP contribution in [0.2, 0.25) is 5.02 Å². The number of nitrogens with two attached hydrogens (primary N) is 1. The van der Waals surface area contributed by atoms with Gasteiger partial charge in [0.1, 0.15) is 5.75 Å². The number of rotatable bonds is 1. The van der Waals surface area contributed by atoms with Crippen molar-refractivity contribution < 1.29 is 5.11 Å². The summed E-state index contributed by atoms with van der Waals surface area (Å²) >= 11 is 6.13. The minimum Gasteiger partial charge on any atom is -0.506 e. The van der Waals surface area contributed by atoms with Crippen LogP contribution in [-0.2, 0) is 18.4 Å². The van der Waals surface area contributed by atoms with Crippen molar-refractivity contribution in [1.82, 2.24) is 0 Å². The summed E-state index contributed by atoms with van der Waals surface area (Å²) in [6.45, 7) is 0. The van der Waals surface area contributed by atoms with Crippen LogP contribution in [0, 0.1) is 0 Å². The van der Waals surface area contributed by atoms with Crippen LogP contribution in [0.3, 0.4) is 0 Å². The van der Waals surface area contributed by atoms with Crippen LogP contribution in [0.4, 0.5) is 0 Å². The molecule has 3 N–H and O–H groups in total. The third-order valence-electron chi connectivity index (χ3n) is 4.11. The number of phenolic OH excluding ortho intramolecular Hbond substituents is 1. The van der Waals surface area contributed by atoms with E-state index < -0.39 is 0 Å². The third-order valence-corrected chi connectivity index (χ3v) is 4.40. The van der Waals surface area contributed by atoms with Crippen LogP contribution >= 0.6 is 11.6 Å². The van der Waals surface area contributed by atoms with Crippen LogP contribution in [0.15, 0.2) is 6.07 Å². The molecule has 1 aromatic carbocycles. The summed E-state index contributed by atoms with van der Waals surface area (Å²) in [6.07, 6.45) is 7.69. The van der Waals surface area contributed by atoms with E-state index in [0.29, 0.717) is 5.02 Å². The molecule has 3 rings (SSSR count). The first-order valence-corrected chi connectivity index (χ1v) is 6.82. The lowest BCUT2D eigenvalue weighted by atomic mass is 9.90. The summed E-state index contributed by atoms with van der Waals surface area (Å²) in [6, 6.07) is 1.94. The van der Waals surface area contributed by atoms with Crippen molar-refractivity contribution in [3.63, 3.8) is 0 Å². The number of aryl methyl sites for hydroxylation is 1. The van der Waals surface area contributed by atoms with Crippen LogP contribution in [0.1, 0.15) is 48.8 Å². The smallest absolute Gasteiger partial charge is 0.139 e. The SMILES string of the molecule is NC1(c2c(O)c(Cl)cc3c2CCCCC3)CC1. The Morgan fingerprint density at radius 1 is 1.18 bits per heavy atom. The van der Waals surface area contributed by atoms with Gasteiger partial charge in [-0.3, -0.25) is 0 Å². The zero-order valence-electron chi connectivity index (χ0n) is 9.93. The predicted octanol–water partition coefficient (Wildman–Crippen LogP) is 3.26. The van der Waals surface area contributed by atoms with Crippen molar-refractivity contribution in [2.24, 2.45) is 5.73 Å². The molecule has 3 heteroatoms. The van der Waals surface area contributed by atoms with Crippen molar-refractivity contribution in [2.45, 2.75) is 50.5 Å². The molecule has 0 unspecified atom stereocenters. The zero-order valence-corrected chi connectivity index (χ0v) is 10.7. The fourth-order valence-corrected chi connectivity index (χ4v) is 3.18. The van der Waals surface area contributed by atoms with E-state index in [1.807, 2.05) is 6.07 Å². The van der Waals surface area contributed by atoms with Gasteiger partial charge >= 0.3 is 0 Å². The summed E-state index contributed by atoms with van der Waals surface area (Å²) in [7, 11) is 0. The number of hydrogen-bond acceptors (Lipinski definition) is 2. The number of phenols is 1. The fourth-order valence-electron chi connectivity index (χ4n) is 2.95. The molecular weight excluding hydrogens is 234 g/mol. The van der Waals surface area contributed by atoms with Gasteiger partial charge in [-0.1, -0.05) is 18.0 Å². The molecule has 0 amide bonds. The number of halogens is 1. The Bertz CT molecular complexity index is 466. The van der Waals surface area contributed by atoms with E-state index in [1.54, 1.807) is 0 Å². The number of aromatic hydroxyl groups is 1. The maximum Gasteiger partial charge on any atom is 0.139 e. The molecule has 2 nitrogen and oxygen atoms in total. The van der Waals surface area contributed by atoms with Crippen LogP contribution in [0.25, 0.3) is 0 Å². The van der Waals surface area contributed by atoms with Crippen molar-refractivity contribution in [1.29, 1.82) is 0 Å². The Morgan fingerprint density at radius 3 is 2.59 bits per heavy atom. The largest absolute Gasteiger partial charge is 0.506 e. The van der Waals surface area contributed by atoms with Gasteiger partial charge in [-0.15, -0.1) is 0 Å². The topological polar surface area (TPSA) is 46.2 Å². The highest BCUT2D eigenvalue weighted by molar-refractivity contribution is 6.32. The van der Waals surface area contributed by atoms with Gasteiger partial charge in [0.25, 0.3) is 0 Å². The van der Waals surface area contributed by atoms with E-state index in [-0.39, 0.29) is 11.3 Å². The molecule has 1 fully saturated rings. The fraction of sp³-hybridized carbons (Fsp3) is 0.571. The lowest BCUT2D eigenvalue weighted by molar-refractivity contribution is 0.457. The van der Waals surface area contributed by atoms with Gasteiger partial charge in [-0.05, 0) is 55.7 Å². The van der Waals surface area contributed by atoms with Gasteiger partial charge in [0.2, 0.25) is 0 Å². The Balaban J connectivity index is 2.20. The summed E-state index contributed by atoms with van der Waals surface area (Å²) in [5.74, 6) is 0.229. The molecule has 0 heterocycles. The molecule has 0 aromatic heterocycles. The molecule has 2 aliphatic carbocycles. The number of benzene rings is 1. The highest BCUT2D eigenvalue weighted by atomic mass is 35.5. The minimum atomic E-state index is -0.302. The Hall–Kier alpha value is -0.730. The molecule has 0 saturated heterocycles. The first-order valence-electron chi connectivity index (χ1n) is 6.44. The number of hydrogen-bond donors (Lipinski definition) is 2. The zero-order chi connectivity index (χ0) is 12.0. The summed E-state index contributed by atoms with van der Waals surface area (Å²) in [4.78, 5) is 0. The average molecular weight is 252 g/mol. The van der Waals surface area contributed by atoms with Gasteiger partial charge in [0.15, 0.2) is 0 Å². The second-order valence-corrected chi connectivity index (χ2v) is 5.84. The lowest BCUT2D eigenvalue weighted by Crippen LogP contribution is -2.22. The van der Waals surface area contributed by atoms with Gasteiger partial charge in [0.05, 0.1) is 5.02 Å². The molecule has 2 aliphatic rings. The Kier molecular flexibility index (Phi) is 2.60. The van der Waals surface area contributed by atoms with Crippen molar-refractivity contribution in [3.05, 3.63) is 27.8 Å². The molecule has 0 atom stereocenters. The summed E-state index contributed by atoms with van der Waals surface area (Å²) in [5, 5.41) is 10.7. The van der Waals surface area contributed by atoms with Gasteiger partial charge in [-0.25, -0.2) is 0 Å². The Labute approximate surface area is 107 Å². The maximum atomic E-state index is 10.2. The van der Waals surface area contributed by atoms with E-state index in [9.17, 15) is 5.11 Å². The third kappa shape index (κ3) is 1.84. The highest BCUT2D eigenvalue weighted by Gasteiger charge is 2.44. The van der Waals surface area contributed by atoms with Crippen LogP contribution in [0.5, 0.6) is 5.75 Å². The first kappa shape index (κ1) is 11.4. The molecule has 92 valence electrons. The van der Waals surface area contributed by atoms with Crippen molar-refractivity contribution >= 4 is 11.6 Å². The van der Waals surface area contributed by atoms with E-state index in [2.05, 4.69) is 0 Å². The normalized spacial score (nSPS) is 21.8. The molecule has 17 heavy (non-hydrogen) atoms. The van der Waals surface area contributed by atoms with Gasteiger partial charge in [0, 0.05) is 11.1 Å². The molecule has 0 radical (unpaired) electrons. The summed E-state index contributed by atoms with van der Waals surface area (Å²) < 4.78 is 0. The standard InChI is InChI=1S/C14H18ClNO/c15-11-8-9-4-2-1-3-5-10(9)12(13(11)17)14(16)6-7-14/h8,17H,1-7,16H2. The Morgan fingerprint density at radius 2 is 1.88 bits per heavy atom. The van der Waals surface area contributed by atoms with E-state index in [0.717, 1.165) is 31.2 Å². The second-order valence-electron chi connectivity index (χ2n) is 5.44. The summed E-state index contributed by atoms with van der Waals surface area (Å²) in [5.41, 5.74) is 9.52. The van der Waals surface area contributed by atoms with Crippen molar-refractivity contribution in [3.8, 4) is 5.75 Å². The van der Waals surface area contributed by atoms with Gasteiger partial charge in [-0.2, -0.15) is 0 Å².